The highest BCUT2D eigenvalue weighted by Crippen LogP contribution is 2.36. The van der Waals surface area contributed by atoms with Crippen molar-refractivity contribution in [1.82, 2.24) is 19.7 Å². The lowest BCUT2D eigenvalue weighted by atomic mass is 9.97. The number of carbonyl (C=O) groups is 1. The average molecular weight is 553 g/mol. The van der Waals surface area contributed by atoms with E-state index in [-0.39, 0.29) is 28.5 Å². The Morgan fingerprint density at radius 2 is 1.67 bits per heavy atom. The molecule has 1 unspecified atom stereocenters. The van der Waals surface area contributed by atoms with E-state index in [4.69, 9.17) is 4.74 Å². The van der Waals surface area contributed by atoms with Gasteiger partial charge >= 0.3 is 24.5 Å². The second kappa shape index (κ2) is 9.82. The highest BCUT2D eigenvalue weighted by atomic mass is 19.4. The number of fused-ring (bicyclic) bond motifs is 1. The fourth-order valence-corrected chi connectivity index (χ4v) is 3.58. The number of aromatic nitrogens is 5. The number of nitrogens with one attached hydrogen (secondary N) is 1. The van der Waals surface area contributed by atoms with Crippen molar-refractivity contribution in [2.24, 2.45) is 5.41 Å². The van der Waals surface area contributed by atoms with Crippen LogP contribution in [-0.4, -0.2) is 25.7 Å². The van der Waals surface area contributed by atoms with Gasteiger partial charge in [-0.2, -0.15) is 26.3 Å². The first kappa shape index (κ1) is 27.8. The number of hydrogen-bond donors (Lipinski definition) is 1. The monoisotopic (exact) mass is 553 g/mol. The summed E-state index contributed by atoms with van der Waals surface area (Å²) < 4.78 is 88.2. The van der Waals surface area contributed by atoms with Crippen molar-refractivity contribution in [2.45, 2.75) is 46.3 Å². The number of ether oxygens (including phenoxy) is 1. The highest BCUT2D eigenvalue weighted by Gasteiger charge is 2.36. The molecule has 3 heterocycles. The van der Waals surface area contributed by atoms with E-state index >= 15 is 0 Å². The van der Waals surface area contributed by atoms with Crippen LogP contribution in [0.15, 0.2) is 54.9 Å². The zero-order valence-corrected chi connectivity index (χ0v) is 21.1. The Balaban J connectivity index is 1.85. The maximum Gasteiger partial charge on any atom is 0.418 e. The molecule has 0 bridgehead atoms. The molecule has 14 heteroatoms. The Kier molecular flexibility index (Phi) is 7.00. The van der Waals surface area contributed by atoms with E-state index in [9.17, 15) is 31.1 Å². The van der Waals surface area contributed by atoms with Gasteiger partial charge in [0.05, 0.1) is 27.8 Å². The third-order valence-electron chi connectivity index (χ3n) is 5.57. The maximum atomic E-state index is 13.7. The molecule has 206 valence electrons. The first-order chi connectivity index (χ1) is 18.1. The molecule has 0 spiro atoms. The number of pyridine rings is 1. The summed E-state index contributed by atoms with van der Waals surface area (Å²) in [6.45, 7) is 6.41. The molecule has 0 fully saturated rings. The van der Waals surface area contributed by atoms with Gasteiger partial charge in [-0.25, -0.2) is 0 Å². The zero-order valence-electron chi connectivity index (χ0n) is 21.1. The number of hydrogen-bond acceptors (Lipinski definition) is 6. The molecule has 0 aliphatic rings. The Hall–Kier alpha value is -4.23. The predicted molar refractivity (Wildman–Crippen MR) is 126 cm³/mol. The minimum absolute atomic E-state index is 0.00651. The van der Waals surface area contributed by atoms with Gasteiger partial charge in [0.1, 0.15) is 0 Å². The van der Waals surface area contributed by atoms with Gasteiger partial charge in [-0.3, -0.25) is 9.78 Å². The topological polar surface area (TPSA) is 85.3 Å². The van der Waals surface area contributed by atoms with Crippen LogP contribution in [0.3, 0.4) is 0 Å². The smallest absolute Gasteiger partial charge is 0.400 e. The molecule has 8 nitrogen and oxygen atoms in total. The second-order valence-corrected chi connectivity index (χ2v) is 9.65. The molecule has 39 heavy (non-hydrogen) atoms. The molecular weight excluding hydrogens is 530 g/mol. The summed E-state index contributed by atoms with van der Waals surface area (Å²) in [5.74, 6) is -0.577. The normalized spacial score (nSPS) is 13.4. The van der Waals surface area contributed by atoms with E-state index in [0.29, 0.717) is 0 Å². The van der Waals surface area contributed by atoms with Crippen molar-refractivity contribution in [3.05, 3.63) is 66.0 Å². The SMILES string of the molecule is CC(OC(=O)C(C)(C)C)[n+]1cc(-c2ncccc2C(F)(F)F)cc2nnc(Nc3ccc(C(F)(F)F)cc3)n21. The van der Waals surface area contributed by atoms with Gasteiger partial charge in [0, 0.05) is 24.9 Å². The van der Waals surface area contributed by atoms with E-state index in [1.165, 1.54) is 46.7 Å². The lowest BCUT2D eigenvalue weighted by Gasteiger charge is -2.19. The van der Waals surface area contributed by atoms with Crippen LogP contribution < -0.4 is 10.00 Å². The highest BCUT2D eigenvalue weighted by molar-refractivity contribution is 5.75. The van der Waals surface area contributed by atoms with Crippen molar-refractivity contribution in [3.8, 4) is 11.3 Å². The van der Waals surface area contributed by atoms with Gasteiger partial charge < -0.3 is 10.1 Å². The fraction of sp³-hybridized carbons (Fsp3) is 0.320. The molecule has 0 saturated carbocycles. The zero-order chi connectivity index (χ0) is 28.8. The second-order valence-electron chi connectivity index (χ2n) is 9.65. The number of benzene rings is 1. The number of anilines is 2. The molecule has 3 aromatic heterocycles. The molecule has 0 radical (unpaired) electrons. The lowest BCUT2D eigenvalue weighted by molar-refractivity contribution is -0.811. The number of halogens is 6. The quantitative estimate of drug-likeness (QED) is 0.186. The van der Waals surface area contributed by atoms with Crippen molar-refractivity contribution >= 4 is 23.3 Å². The van der Waals surface area contributed by atoms with Crippen LogP contribution in [0.25, 0.3) is 16.9 Å². The van der Waals surface area contributed by atoms with E-state index in [0.717, 1.165) is 24.3 Å². The first-order valence-electron chi connectivity index (χ1n) is 11.5. The van der Waals surface area contributed by atoms with Crippen LogP contribution in [0.5, 0.6) is 0 Å². The van der Waals surface area contributed by atoms with Gasteiger partial charge in [0.2, 0.25) is 11.8 Å². The van der Waals surface area contributed by atoms with Crippen molar-refractivity contribution in [3.63, 3.8) is 0 Å². The summed E-state index contributed by atoms with van der Waals surface area (Å²) in [6.07, 6.45) is -7.78. The number of alkyl halides is 6. The van der Waals surface area contributed by atoms with Crippen LogP contribution in [-0.2, 0) is 21.9 Å². The van der Waals surface area contributed by atoms with Crippen molar-refractivity contribution in [1.29, 1.82) is 0 Å². The molecule has 0 amide bonds. The van der Waals surface area contributed by atoms with Gasteiger partial charge in [0.15, 0.2) is 0 Å². The molecule has 1 aromatic carbocycles. The summed E-state index contributed by atoms with van der Waals surface area (Å²) in [5.41, 5.74) is -2.79. The number of rotatable bonds is 5. The number of nitrogens with zero attached hydrogens (tertiary/aromatic N) is 5. The van der Waals surface area contributed by atoms with Gasteiger partial charge in [-0.15, -0.1) is 10.2 Å². The number of esters is 1. The molecule has 1 atom stereocenters. The van der Waals surface area contributed by atoms with E-state index < -0.39 is 41.1 Å². The standard InChI is InChI=1S/C25H22F6N6O2/c1-14(39-21(38)23(2,3)4)36-13-15(20-18(25(29,30)31)6-5-11-32-20)12-19-34-35-22(37(19)36)33-17-9-7-16(8-10-17)24(26,27)28/h5-14H,1-4H3/p+1. The Labute approximate surface area is 218 Å². The van der Waals surface area contributed by atoms with Gasteiger partial charge in [-0.05, 0) is 57.2 Å². The summed E-state index contributed by atoms with van der Waals surface area (Å²) >= 11 is 0. The van der Waals surface area contributed by atoms with Crippen LogP contribution in [0.2, 0.25) is 0 Å². The molecule has 4 rings (SSSR count). The van der Waals surface area contributed by atoms with E-state index in [2.05, 4.69) is 20.5 Å². The van der Waals surface area contributed by atoms with Gasteiger partial charge in [0.25, 0.3) is 5.95 Å². The minimum atomic E-state index is -4.70. The molecule has 0 aliphatic carbocycles. The van der Waals surface area contributed by atoms with Gasteiger partial charge in [-0.1, -0.05) is 9.20 Å². The van der Waals surface area contributed by atoms with E-state index in [1.807, 2.05) is 0 Å². The predicted octanol–water partition coefficient (Wildman–Crippen LogP) is 5.97. The van der Waals surface area contributed by atoms with Crippen LogP contribution in [0, 0.1) is 5.41 Å². The Morgan fingerprint density at radius 3 is 2.26 bits per heavy atom. The molecule has 4 aromatic rings. The van der Waals surface area contributed by atoms with Crippen molar-refractivity contribution < 1.29 is 40.6 Å². The molecular formula is C25H23F6N6O2+. The van der Waals surface area contributed by atoms with Crippen molar-refractivity contribution in [2.75, 3.05) is 5.32 Å². The largest absolute Gasteiger partial charge is 0.418 e. The fourth-order valence-electron chi connectivity index (χ4n) is 3.58. The summed E-state index contributed by atoms with van der Waals surface area (Å²) in [5, 5.41) is 10.9. The Morgan fingerprint density at radius 1 is 1.00 bits per heavy atom. The first-order valence-corrected chi connectivity index (χ1v) is 11.5. The molecule has 0 saturated heterocycles. The maximum absolute atomic E-state index is 13.7. The molecule has 0 aliphatic heterocycles. The lowest BCUT2D eigenvalue weighted by Crippen LogP contribution is -2.48. The third-order valence-corrected chi connectivity index (χ3v) is 5.57. The van der Waals surface area contributed by atoms with Crippen LogP contribution in [0.4, 0.5) is 38.0 Å². The van der Waals surface area contributed by atoms with Crippen LogP contribution >= 0.6 is 0 Å². The van der Waals surface area contributed by atoms with Crippen LogP contribution in [0.1, 0.15) is 45.0 Å². The summed E-state index contributed by atoms with van der Waals surface area (Å²) in [4.78, 5) is 16.5. The summed E-state index contributed by atoms with van der Waals surface area (Å²) in [7, 11) is 0. The minimum Gasteiger partial charge on any atom is -0.400 e. The third kappa shape index (κ3) is 5.94. The number of carbonyl (C=O) groups excluding carboxylic acids is 1. The Bertz CT molecular complexity index is 1510. The van der Waals surface area contributed by atoms with E-state index in [1.54, 1.807) is 20.8 Å². The average Bonchev–Trinajstić information content (AvgIpc) is 3.24. The molecule has 1 N–H and O–H groups in total. The summed E-state index contributed by atoms with van der Waals surface area (Å²) in [6, 6.07) is 7.51.